The molecule has 1 aromatic carbocycles. The predicted molar refractivity (Wildman–Crippen MR) is 56.3 cm³/mol. The lowest BCUT2D eigenvalue weighted by Gasteiger charge is -2.01. The molecule has 2 aromatic rings. The van der Waals surface area contributed by atoms with Crippen LogP contribution in [0.25, 0.3) is 11.0 Å². The summed E-state index contributed by atoms with van der Waals surface area (Å²) >= 11 is 0. The molecule has 0 radical (unpaired) electrons. The van der Waals surface area contributed by atoms with Gasteiger partial charge in [0.1, 0.15) is 0 Å². The van der Waals surface area contributed by atoms with E-state index in [1.54, 1.807) is 19.1 Å². The Morgan fingerprint density at radius 3 is 2.88 bits per heavy atom. The van der Waals surface area contributed by atoms with Crippen LogP contribution in [-0.2, 0) is 4.74 Å². The molecule has 0 amide bonds. The van der Waals surface area contributed by atoms with Gasteiger partial charge in [0.15, 0.2) is 0 Å². The third-order valence-corrected chi connectivity index (χ3v) is 2.45. The zero-order valence-electron chi connectivity index (χ0n) is 8.87. The van der Waals surface area contributed by atoms with E-state index in [1.807, 2.05) is 5.18 Å². The Bertz CT molecular complexity index is 571. The van der Waals surface area contributed by atoms with Crippen molar-refractivity contribution in [2.24, 2.45) is 0 Å². The molecule has 0 bridgehead atoms. The molecule has 0 saturated heterocycles. The van der Waals surface area contributed by atoms with Gasteiger partial charge in [-0.1, -0.05) is 0 Å². The fourth-order valence-corrected chi connectivity index (χ4v) is 1.67. The molecule has 0 unspecified atom stereocenters. The quantitative estimate of drug-likeness (QED) is 0.766. The highest BCUT2D eigenvalue weighted by atomic mass is 16.5. The maximum atomic E-state index is 11.5. The van der Waals surface area contributed by atoms with Gasteiger partial charge in [0.2, 0.25) is 5.58 Å². The Labute approximate surface area is 91.0 Å². The second kappa shape index (κ2) is 3.77. The number of nitrogens with one attached hydrogen (secondary N) is 1. The lowest BCUT2D eigenvalue weighted by atomic mass is 10.1. The molecule has 0 atom stereocenters. The standard InChI is InChI=1S/C11H9NO4/c1-6-5-8(11(13)15-2)7-3-4-16-10(7)9(6)12-14/h3-5H,1-2H3/p+1. The summed E-state index contributed by atoms with van der Waals surface area (Å²) in [5, 5.41) is 2.38. The normalized spacial score (nSPS) is 10.4. The molecule has 5 nitrogen and oxygen atoms in total. The average molecular weight is 220 g/mol. The van der Waals surface area contributed by atoms with E-state index < -0.39 is 5.97 Å². The highest BCUT2D eigenvalue weighted by Gasteiger charge is 2.21. The monoisotopic (exact) mass is 220 g/mol. The van der Waals surface area contributed by atoms with Crippen molar-refractivity contribution in [2.45, 2.75) is 6.92 Å². The third-order valence-electron chi connectivity index (χ3n) is 2.45. The van der Waals surface area contributed by atoms with Crippen LogP contribution in [0.2, 0.25) is 0 Å². The number of carbonyl (C=O) groups excluding carboxylic acids is 1. The van der Waals surface area contributed by atoms with E-state index >= 15 is 0 Å². The van der Waals surface area contributed by atoms with Crippen molar-refractivity contribution in [1.82, 2.24) is 0 Å². The largest absolute Gasteiger partial charge is 0.465 e. The zero-order chi connectivity index (χ0) is 11.7. The van der Waals surface area contributed by atoms with Crippen molar-refractivity contribution in [3.8, 4) is 0 Å². The van der Waals surface area contributed by atoms with Gasteiger partial charge in [-0.25, -0.2) is 4.79 Å². The van der Waals surface area contributed by atoms with Crippen LogP contribution in [0.4, 0.5) is 5.69 Å². The van der Waals surface area contributed by atoms with Gasteiger partial charge in [-0.15, -0.1) is 0 Å². The number of fused-ring (bicyclic) bond motifs is 1. The summed E-state index contributed by atoms with van der Waals surface area (Å²) in [5.41, 5.74) is 1.74. The topological polar surface area (TPSA) is 70.5 Å². The fraction of sp³-hybridized carbons (Fsp3) is 0.182. The molecule has 5 heteroatoms. The highest BCUT2D eigenvalue weighted by Crippen LogP contribution is 2.28. The lowest BCUT2D eigenvalue weighted by molar-refractivity contribution is -0.378. The van der Waals surface area contributed by atoms with Crippen LogP contribution in [0, 0.1) is 11.8 Å². The Kier molecular flexibility index (Phi) is 2.44. The molecule has 0 spiro atoms. The van der Waals surface area contributed by atoms with Gasteiger partial charge in [-0.2, -0.15) is 0 Å². The highest BCUT2D eigenvalue weighted by molar-refractivity contribution is 6.06. The Morgan fingerprint density at radius 1 is 1.50 bits per heavy atom. The van der Waals surface area contributed by atoms with Gasteiger partial charge >= 0.3 is 5.97 Å². The van der Waals surface area contributed by atoms with Gasteiger partial charge in [-0.3, -0.25) is 0 Å². The van der Waals surface area contributed by atoms with E-state index in [9.17, 15) is 9.70 Å². The number of ether oxygens (including phenoxy) is 1. The fourth-order valence-electron chi connectivity index (χ4n) is 1.67. The second-order valence-electron chi connectivity index (χ2n) is 3.37. The maximum absolute atomic E-state index is 11.5. The van der Waals surface area contributed by atoms with Crippen LogP contribution < -0.4 is 5.18 Å². The summed E-state index contributed by atoms with van der Waals surface area (Å²) < 4.78 is 9.85. The number of aryl methyl sites for hydroxylation is 1. The average Bonchev–Trinajstić information content (AvgIpc) is 2.75. The molecule has 0 fully saturated rings. The summed E-state index contributed by atoms with van der Waals surface area (Å²) in [5.74, 6) is -0.452. The van der Waals surface area contributed by atoms with Crippen molar-refractivity contribution in [3.63, 3.8) is 0 Å². The van der Waals surface area contributed by atoms with Gasteiger partial charge in [0.05, 0.1) is 18.9 Å². The van der Waals surface area contributed by atoms with Gasteiger partial charge in [0.25, 0.3) is 5.69 Å². The van der Waals surface area contributed by atoms with Crippen molar-refractivity contribution < 1.29 is 19.1 Å². The molecule has 0 aliphatic carbocycles. The molecule has 1 heterocycles. The minimum absolute atomic E-state index is 0.340. The smallest absolute Gasteiger partial charge is 0.338 e. The van der Waals surface area contributed by atoms with E-state index in [2.05, 4.69) is 4.74 Å². The summed E-state index contributed by atoms with van der Waals surface area (Å²) in [6, 6.07) is 3.23. The summed E-state index contributed by atoms with van der Waals surface area (Å²) in [6.07, 6.45) is 1.43. The number of hydrogen-bond donors (Lipinski definition) is 1. The second-order valence-corrected chi connectivity index (χ2v) is 3.37. The van der Waals surface area contributed by atoms with Crippen molar-refractivity contribution in [2.75, 3.05) is 7.11 Å². The lowest BCUT2D eigenvalue weighted by Crippen LogP contribution is -2.56. The van der Waals surface area contributed by atoms with Crippen LogP contribution in [-0.4, -0.2) is 13.1 Å². The van der Waals surface area contributed by atoms with E-state index in [1.165, 1.54) is 13.4 Å². The number of hydrogen-bond acceptors (Lipinski definition) is 4. The minimum Gasteiger partial charge on any atom is -0.465 e. The van der Waals surface area contributed by atoms with Crippen molar-refractivity contribution in [3.05, 3.63) is 34.4 Å². The van der Waals surface area contributed by atoms with Gasteiger partial charge in [-0.05, 0) is 19.1 Å². The predicted octanol–water partition coefficient (Wildman–Crippen LogP) is 1.01. The van der Waals surface area contributed by atoms with Crippen LogP contribution >= 0.6 is 0 Å². The molecule has 82 valence electrons. The van der Waals surface area contributed by atoms with Gasteiger partial charge in [0, 0.05) is 21.0 Å². The molecular formula is C11H10NO4+. The molecule has 0 aliphatic heterocycles. The summed E-state index contributed by atoms with van der Waals surface area (Å²) in [6.45, 7) is 1.72. The zero-order valence-corrected chi connectivity index (χ0v) is 8.87. The van der Waals surface area contributed by atoms with Crippen molar-refractivity contribution >= 4 is 22.6 Å². The maximum Gasteiger partial charge on any atom is 0.338 e. The Hall–Kier alpha value is -2.17. The number of rotatable bonds is 2. The van der Waals surface area contributed by atoms with Crippen LogP contribution in [0.15, 0.2) is 22.8 Å². The molecule has 1 N–H and O–H groups in total. The SMILES string of the molecule is COC(=O)c1cc(C)c([NH+]=O)c2occc12. The first-order chi connectivity index (χ1) is 7.69. The van der Waals surface area contributed by atoms with Gasteiger partial charge < -0.3 is 9.15 Å². The van der Waals surface area contributed by atoms with Crippen LogP contribution in [0.5, 0.6) is 0 Å². The number of esters is 1. The van der Waals surface area contributed by atoms with Crippen LogP contribution in [0.1, 0.15) is 15.9 Å². The molecule has 0 aliphatic rings. The number of furan rings is 1. The number of benzene rings is 1. The molecule has 2 rings (SSSR count). The van der Waals surface area contributed by atoms with Crippen LogP contribution in [0.3, 0.4) is 0 Å². The summed E-state index contributed by atoms with van der Waals surface area (Å²) in [4.78, 5) is 22.3. The molecule has 16 heavy (non-hydrogen) atoms. The third kappa shape index (κ3) is 1.37. The first kappa shape index (κ1) is 10.4. The first-order valence-electron chi connectivity index (χ1n) is 4.66. The van der Waals surface area contributed by atoms with E-state index in [0.717, 1.165) is 0 Å². The Balaban J connectivity index is 2.82. The molecule has 0 saturated carbocycles. The van der Waals surface area contributed by atoms with E-state index in [4.69, 9.17) is 4.42 Å². The van der Waals surface area contributed by atoms with E-state index in [-0.39, 0.29) is 0 Å². The number of methoxy groups -OCH3 is 1. The molecule has 1 aromatic heterocycles. The first-order valence-corrected chi connectivity index (χ1v) is 4.66. The Morgan fingerprint density at radius 2 is 2.25 bits per heavy atom. The molecular weight excluding hydrogens is 210 g/mol. The van der Waals surface area contributed by atoms with Crippen molar-refractivity contribution in [1.29, 1.82) is 0 Å². The number of nitroso groups, excluding NO2 is 1. The van der Waals surface area contributed by atoms with E-state index in [0.29, 0.717) is 27.8 Å². The minimum atomic E-state index is -0.452. The number of carbonyl (C=O) groups is 1. The summed E-state index contributed by atoms with van der Waals surface area (Å²) in [7, 11) is 1.31.